The zero-order valence-electron chi connectivity index (χ0n) is 8.26. The lowest BCUT2D eigenvalue weighted by Crippen LogP contribution is -2.13. The van der Waals surface area contributed by atoms with E-state index in [9.17, 15) is 9.59 Å². The summed E-state index contributed by atoms with van der Waals surface area (Å²) < 4.78 is 2.23. The van der Waals surface area contributed by atoms with Gasteiger partial charge in [-0.2, -0.15) is 0 Å². The molecule has 0 aliphatic rings. The maximum absolute atomic E-state index is 12.0. The lowest BCUT2D eigenvalue weighted by molar-refractivity contribution is 0.0947. The summed E-state index contributed by atoms with van der Waals surface area (Å²) in [6.07, 6.45) is 2.34. The smallest absolute Gasteiger partial charge is 0.262 e. The van der Waals surface area contributed by atoms with Crippen molar-refractivity contribution in [2.75, 3.05) is 0 Å². The monoisotopic (exact) mass is 325 g/mol. The molecule has 1 aromatic heterocycles. The van der Waals surface area contributed by atoms with Crippen molar-refractivity contribution in [3.05, 3.63) is 57.4 Å². The second-order valence-electron chi connectivity index (χ2n) is 3.24. The van der Waals surface area contributed by atoms with E-state index in [0.29, 0.717) is 17.5 Å². The van der Waals surface area contributed by atoms with Crippen LogP contribution in [0.2, 0.25) is 0 Å². The van der Waals surface area contributed by atoms with Crippen LogP contribution in [0.25, 0.3) is 0 Å². The van der Waals surface area contributed by atoms with Gasteiger partial charge in [0.1, 0.15) is 0 Å². The first-order valence-electron chi connectivity index (χ1n) is 4.65. The Labute approximate surface area is 106 Å². The van der Waals surface area contributed by atoms with Crippen LogP contribution in [0.3, 0.4) is 0 Å². The highest BCUT2D eigenvalue weighted by molar-refractivity contribution is 14.1. The second kappa shape index (κ2) is 4.61. The molecule has 1 heterocycles. The third-order valence-electron chi connectivity index (χ3n) is 2.18. The zero-order valence-corrected chi connectivity index (χ0v) is 10.4. The molecule has 4 heteroatoms. The van der Waals surface area contributed by atoms with E-state index in [1.165, 1.54) is 4.57 Å². The number of aldehydes is 1. The van der Waals surface area contributed by atoms with E-state index in [0.717, 1.165) is 3.57 Å². The Hall–Kier alpha value is -1.43. The summed E-state index contributed by atoms with van der Waals surface area (Å²) in [6.45, 7) is 0. The fourth-order valence-corrected chi connectivity index (χ4v) is 2.03. The van der Waals surface area contributed by atoms with Crippen LogP contribution in [0.5, 0.6) is 0 Å². The largest absolute Gasteiger partial charge is 0.296 e. The molecule has 2 aromatic rings. The van der Waals surface area contributed by atoms with Crippen LogP contribution >= 0.6 is 22.6 Å². The van der Waals surface area contributed by atoms with Crippen LogP contribution in [0, 0.1) is 3.57 Å². The summed E-state index contributed by atoms with van der Waals surface area (Å²) in [5, 5.41) is 0. The quantitative estimate of drug-likeness (QED) is 0.629. The number of benzene rings is 1. The van der Waals surface area contributed by atoms with Gasteiger partial charge in [-0.05, 0) is 40.8 Å². The summed E-state index contributed by atoms with van der Waals surface area (Å²) >= 11 is 2.07. The molecule has 0 saturated heterocycles. The summed E-state index contributed by atoms with van der Waals surface area (Å²) in [4.78, 5) is 22.8. The summed E-state index contributed by atoms with van der Waals surface area (Å²) in [5.74, 6) is -0.189. The van der Waals surface area contributed by atoms with E-state index in [-0.39, 0.29) is 5.91 Å². The Kier molecular flexibility index (Phi) is 3.19. The van der Waals surface area contributed by atoms with Crippen molar-refractivity contribution in [3.8, 4) is 0 Å². The third-order valence-corrected chi connectivity index (χ3v) is 2.77. The Morgan fingerprint density at radius 2 is 1.94 bits per heavy atom. The van der Waals surface area contributed by atoms with E-state index >= 15 is 0 Å². The minimum atomic E-state index is -0.189. The van der Waals surface area contributed by atoms with Gasteiger partial charge < -0.3 is 0 Å². The lowest BCUT2D eigenvalue weighted by Gasteiger charge is -2.03. The molecule has 0 fully saturated rings. The Balaban J connectivity index is 2.45. The van der Waals surface area contributed by atoms with E-state index in [1.807, 2.05) is 6.07 Å². The molecule has 0 spiro atoms. The number of hydrogen-bond acceptors (Lipinski definition) is 2. The molecule has 80 valence electrons. The van der Waals surface area contributed by atoms with Crippen LogP contribution in [0.15, 0.2) is 42.6 Å². The molecule has 0 radical (unpaired) electrons. The molecule has 0 amide bonds. The fraction of sp³-hybridized carbons (Fsp3) is 0. The van der Waals surface area contributed by atoms with Crippen molar-refractivity contribution in [2.45, 2.75) is 0 Å². The number of rotatable bonds is 2. The third kappa shape index (κ3) is 2.06. The van der Waals surface area contributed by atoms with E-state index in [2.05, 4.69) is 22.6 Å². The van der Waals surface area contributed by atoms with Crippen molar-refractivity contribution in [2.24, 2.45) is 0 Å². The lowest BCUT2D eigenvalue weighted by atomic mass is 10.2. The highest BCUT2D eigenvalue weighted by Gasteiger charge is 2.12. The molecule has 0 aliphatic carbocycles. The summed E-state index contributed by atoms with van der Waals surface area (Å²) in [6, 6.07) is 10.6. The number of nitrogens with zero attached hydrogens (tertiary/aromatic N) is 1. The van der Waals surface area contributed by atoms with Gasteiger partial charge in [0.2, 0.25) is 0 Å². The van der Waals surface area contributed by atoms with Crippen LogP contribution in [0.4, 0.5) is 0 Å². The van der Waals surface area contributed by atoms with Gasteiger partial charge in [-0.25, -0.2) is 0 Å². The number of halogens is 1. The molecule has 0 atom stereocenters. The van der Waals surface area contributed by atoms with Crippen molar-refractivity contribution in [3.63, 3.8) is 0 Å². The fourth-order valence-electron chi connectivity index (χ4n) is 1.43. The number of carbonyl (C=O) groups is 2. The maximum atomic E-state index is 12.0. The molecule has 1 aromatic carbocycles. The highest BCUT2D eigenvalue weighted by atomic mass is 127. The minimum Gasteiger partial charge on any atom is -0.296 e. The Bertz CT molecular complexity index is 531. The van der Waals surface area contributed by atoms with Gasteiger partial charge in [0.25, 0.3) is 5.91 Å². The molecule has 0 unspecified atom stereocenters. The average Bonchev–Trinajstić information content (AvgIpc) is 2.70. The van der Waals surface area contributed by atoms with Gasteiger partial charge in [0.15, 0.2) is 6.29 Å². The SMILES string of the molecule is O=Cc1cc(I)cn1C(=O)c1ccccc1. The standard InChI is InChI=1S/C12H8INO2/c13-10-6-11(8-15)14(7-10)12(16)9-4-2-1-3-5-9/h1-8H. The summed E-state index contributed by atoms with van der Waals surface area (Å²) in [5.41, 5.74) is 0.941. The van der Waals surface area contributed by atoms with Crippen LogP contribution in [-0.2, 0) is 0 Å². The van der Waals surface area contributed by atoms with E-state index in [1.54, 1.807) is 36.5 Å². The first-order valence-corrected chi connectivity index (χ1v) is 5.73. The van der Waals surface area contributed by atoms with E-state index in [4.69, 9.17) is 0 Å². The Morgan fingerprint density at radius 1 is 1.25 bits per heavy atom. The van der Waals surface area contributed by atoms with Gasteiger partial charge >= 0.3 is 0 Å². The molecule has 0 aliphatic heterocycles. The minimum absolute atomic E-state index is 0.189. The molecular formula is C12H8INO2. The van der Waals surface area contributed by atoms with Crippen LogP contribution in [0.1, 0.15) is 20.8 Å². The van der Waals surface area contributed by atoms with Gasteiger partial charge in [-0.15, -0.1) is 0 Å². The molecule has 0 bridgehead atoms. The topological polar surface area (TPSA) is 39.1 Å². The van der Waals surface area contributed by atoms with E-state index < -0.39 is 0 Å². The molecule has 3 nitrogen and oxygen atoms in total. The van der Waals surface area contributed by atoms with Crippen LogP contribution in [-0.4, -0.2) is 16.8 Å². The first-order chi connectivity index (χ1) is 7.72. The van der Waals surface area contributed by atoms with Crippen molar-refractivity contribution in [1.82, 2.24) is 4.57 Å². The second-order valence-corrected chi connectivity index (χ2v) is 4.49. The van der Waals surface area contributed by atoms with Gasteiger partial charge in [0, 0.05) is 15.3 Å². The average molecular weight is 325 g/mol. The van der Waals surface area contributed by atoms with Gasteiger partial charge in [0.05, 0.1) is 5.69 Å². The first kappa shape index (κ1) is 11.1. The predicted octanol–water partition coefficient (Wildman–Crippen LogP) is 2.59. The van der Waals surface area contributed by atoms with Gasteiger partial charge in [-0.3, -0.25) is 14.2 Å². The maximum Gasteiger partial charge on any atom is 0.262 e. The van der Waals surface area contributed by atoms with Crippen LogP contribution < -0.4 is 0 Å². The van der Waals surface area contributed by atoms with Gasteiger partial charge in [-0.1, -0.05) is 18.2 Å². The number of aromatic nitrogens is 1. The van der Waals surface area contributed by atoms with Crippen molar-refractivity contribution >= 4 is 34.8 Å². The normalized spacial score (nSPS) is 10.1. The number of carbonyl (C=O) groups excluding carboxylic acids is 2. The molecule has 2 rings (SSSR count). The highest BCUT2D eigenvalue weighted by Crippen LogP contribution is 2.12. The number of hydrogen-bond donors (Lipinski definition) is 0. The molecule has 0 saturated carbocycles. The molecule has 0 N–H and O–H groups in total. The predicted molar refractivity (Wildman–Crippen MR) is 68.7 cm³/mol. The zero-order chi connectivity index (χ0) is 11.5. The van der Waals surface area contributed by atoms with Crippen molar-refractivity contribution in [1.29, 1.82) is 0 Å². The van der Waals surface area contributed by atoms with Crippen molar-refractivity contribution < 1.29 is 9.59 Å². The molecule has 16 heavy (non-hydrogen) atoms. The summed E-state index contributed by atoms with van der Waals surface area (Å²) in [7, 11) is 0. The Morgan fingerprint density at radius 3 is 2.56 bits per heavy atom. The molecular weight excluding hydrogens is 317 g/mol.